The predicted molar refractivity (Wildman–Crippen MR) is 136 cm³/mol. The van der Waals surface area contributed by atoms with E-state index in [0.29, 0.717) is 22.5 Å². The molecule has 168 valence electrons. The fraction of sp³-hybridized carbons (Fsp3) is 0.160. The molecule has 0 bridgehead atoms. The molecule has 0 aliphatic rings. The van der Waals surface area contributed by atoms with Gasteiger partial charge in [-0.15, -0.1) is 10.2 Å². The van der Waals surface area contributed by atoms with Crippen LogP contribution in [0.5, 0.6) is 5.75 Å². The number of hydrogen-bond donors (Lipinski definition) is 2. The summed E-state index contributed by atoms with van der Waals surface area (Å²) >= 11 is 4.73. The van der Waals surface area contributed by atoms with Crippen LogP contribution in [0.3, 0.4) is 0 Å². The van der Waals surface area contributed by atoms with Gasteiger partial charge in [0.2, 0.25) is 5.91 Å². The number of hydrogen-bond acceptors (Lipinski definition) is 5. The van der Waals surface area contributed by atoms with Gasteiger partial charge in [-0.1, -0.05) is 71.9 Å². The van der Waals surface area contributed by atoms with Crippen LogP contribution in [0, 0.1) is 0 Å². The second kappa shape index (κ2) is 10.2. The molecule has 0 saturated heterocycles. The van der Waals surface area contributed by atoms with Gasteiger partial charge in [-0.25, -0.2) is 0 Å². The molecule has 0 atom stereocenters. The van der Waals surface area contributed by atoms with Gasteiger partial charge >= 0.3 is 0 Å². The highest BCUT2D eigenvalue weighted by molar-refractivity contribution is 9.10. The molecule has 3 aromatic carbocycles. The van der Waals surface area contributed by atoms with Gasteiger partial charge < -0.3 is 10.4 Å². The number of phenols is 1. The minimum atomic E-state index is -0.133. The Labute approximate surface area is 205 Å². The number of thioether (sulfide) groups is 1. The van der Waals surface area contributed by atoms with E-state index in [9.17, 15) is 9.90 Å². The van der Waals surface area contributed by atoms with Gasteiger partial charge in [0.1, 0.15) is 5.75 Å². The van der Waals surface area contributed by atoms with Crippen molar-refractivity contribution in [1.29, 1.82) is 0 Å². The molecule has 0 aliphatic heterocycles. The second-order valence-electron chi connectivity index (χ2n) is 7.75. The summed E-state index contributed by atoms with van der Waals surface area (Å²) in [5, 5.41) is 22.6. The van der Waals surface area contributed by atoms with Crippen molar-refractivity contribution in [1.82, 2.24) is 14.8 Å². The number of carbonyl (C=O) groups excluding carboxylic acids is 1. The maximum absolute atomic E-state index is 12.6. The zero-order chi connectivity index (χ0) is 23.4. The molecule has 0 aliphatic carbocycles. The molecule has 8 heteroatoms. The molecule has 33 heavy (non-hydrogen) atoms. The number of nitrogens with zero attached hydrogens (tertiary/aromatic N) is 3. The first kappa shape index (κ1) is 23.1. The molecule has 0 radical (unpaired) electrons. The number of para-hydroxylation sites is 1. The quantitative estimate of drug-likeness (QED) is 0.280. The number of phenolic OH excluding ortho intramolecular Hbond substituents is 1. The van der Waals surface area contributed by atoms with E-state index in [2.05, 4.69) is 45.3 Å². The molecule has 0 fully saturated rings. The molecular formula is C25H23BrN4O2S. The van der Waals surface area contributed by atoms with Crippen LogP contribution in [0.15, 0.2) is 82.4 Å². The Bertz CT molecular complexity index is 1260. The van der Waals surface area contributed by atoms with E-state index in [1.807, 2.05) is 59.2 Å². The molecule has 4 aromatic rings. The zero-order valence-corrected chi connectivity index (χ0v) is 20.6. The highest BCUT2D eigenvalue weighted by atomic mass is 79.9. The maximum atomic E-state index is 12.6. The van der Waals surface area contributed by atoms with Crippen LogP contribution >= 0.6 is 27.7 Å². The van der Waals surface area contributed by atoms with Crippen LogP contribution in [0.2, 0.25) is 0 Å². The molecule has 1 amide bonds. The molecule has 4 rings (SSSR count). The number of anilines is 1. The minimum Gasteiger partial charge on any atom is -0.507 e. The minimum absolute atomic E-state index is 0.0990. The fourth-order valence-electron chi connectivity index (χ4n) is 3.31. The van der Waals surface area contributed by atoms with Gasteiger partial charge in [0.25, 0.3) is 0 Å². The molecule has 1 aromatic heterocycles. The number of amides is 1. The van der Waals surface area contributed by atoms with Crippen molar-refractivity contribution in [3.05, 3.63) is 82.8 Å². The van der Waals surface area contributed by atoms with Crippen LogP contribution in [0.25, 0.3) is 17.1 Å². The standard InChI is InChI=1S/C25H23BrN4O2S/c1-16(2)17-8-11-19(12-9-17)27-23(32)15-33-25-29-28-24(21-14-18(26)10-13-22(21)31)30(25)20-6-4-3-5-7-20/h3-14,16,31H,15H2,1-2H3,(H,27,32). The smallest absolute Gasteiger partial charge is 0.234 e. The van der Waals surface area contributed by atoms with E-state index in [4.69, 9.17) is 0 Å². The number of aromatic nitrogens is 3. The number of halogens is 1. The zero-order valence-electron chi connectivity index (χ0n) is 18.2. The van der Waals surface area contributed by atoms with Crippen molar-refractivity contribution in [3.63, 3.8) is 0 Å². The lowest BCUT2D eigenvalue weighted by molar-refractivity contribution is -0.113. The van der Waals surface area contributed by atoms with Gasteiger partial charge in [-0.05, 0) is 53.9 Å². The number of aromatic hydroxyl groups is 1. The third-order valence-electron chi connectivity index (χ3n) is 5.04. The number of carbonyl (C=O) groups is 1. The van der Waals surface area contributed by atoms with Gasteiger partial charge in [0.05, 0.1) is 11.3 Å². The van der Waals surface area contributed by atoms with Gasteiger partial charge in [-0.2, -0.15) is 0 Å². The monoisotopic (exact) mass is 522 g/mol. The molecule has 6 nitrogen and oxygen atoms in total. The Balaban J connectivity index is 1.57. The van der Waals surface area contributed by atoms with E-state index < -0.39 is 0 Å². The first-order valence-electron chi connectivity index (χ1n) is 10.4. The summed E-state index contributed by atoms with van der Waals surface area (Å²) in [5.74, 6) is 1.07. The topological polar surface area (TPSA) is 80.0 Å². The van der Waals surface area contributed by atoms with Gasteiger partial charge in [-0.3, -0.25) is 9.36 Å². The van der Waals surface area contributed by atoms with Crippen LogP contribution in [-0.4, -0.2) is 31.5 Å². The third kappa shape index (κ3) is 5.46. The molecular weight excluding hydrogens is 500 g/mol. The first-order valence-corrected chi connectivity index (χ1v) is 12.2. The summed E-state index contributed by atoms with van der Waals surface area (Å²) < 4.78 is 2.66. The maximum Gasteiger partial charge on any atom is 0.234 e. The Morgan fingerprint density at radius 2 is 1.79 bits per heavy atom. The molecule has 0 saturated carbocycles. The van der Waals surface area contributed by atoms with Crippen LogP contribution in [0.1, 0.15) is 25.3 Å². The molecule has 0 spiro atoms. The largest absolute Gasteiger partial charge is 0.507 e. The molecule has 1 heterocycles. The highest BCUT2D eigenvalue weighted by Crippen LogP contribution is 2.34. The predicted octanol–water partition coefficient (Wildman–Crippen LogP) is 6.26. The average molecular weight is 523 g/mol. The van der Waals surface area contributed by atoms with E-state index in [1.165, 1.54) is 17.3 Å². The number of nitrogens with one attached hydrogen (secondary N) is 1. The lowest BCUT2D eigenvalue weighted by atomic mass is 10.0. The third-order valence-corrected chi connectivity index (χ3v) is 6.46. The van der Waals surface area contributed by atoms with E-state index in [1.54, 1.807) is 18.2 Å². The van der Waals surface area contributed by atoms with E-state index >= 15 is 0 Å². The Morgan fingerprint density at radius 1 is 1.06 bits per heavy atom. The van der Waals surface area contributed by atoms with Gasteiger partial charge in [0.15, 0.2) is 11.0 Å². The summed E-state index contributed by atoms with van der Waals surface area (Å²) in [5.41, 5.74) is 3.36. The van der Waals surface area contributed by atoms with Crippen molar-refractivity contribution < 1.29 is 9.90 Å². The van der Waals surface area contributed by atoms with Crippen LogP contribution in [0.4, 0.5) is 5.69 Å². The molecule has 0 unspecified atom stereocenters. The lowest BCUT2D eigenvalue weighted by Crippen LogP contribution is -2.14. The summed E-state index contributed by atoms with van der Waals surface area (Å²) in [6.45, 7) is 4.27. The number of rotatable bonds is 7. The summed E-state index contributed by atoms with van der Waals surface area (Å²) in [4.78, 5) is 12.6. The Kier molecular flexibility index (Phi) is 7.15. The molecule has 2 N–H and O–H groups in total. The highest BCUT2D eigenvalue weighted by Gasteiger charge is 2.19. The lowest BCUT2D eigenvalue weighted by Gasteiger charge is -2.12. The number of benzene rings is 3. The van der Waals surface area contributed by atoms with Crippen LogP contribution < -0.4 is 5.32 Å². The van der Waals surface area contributed by atoms with E-state index in [-0.39, 0.29) is 17.4 Å². The van der Waals surface area contributed by atoms with Crippen molar-refractivity contribution in [2.75, 3.05) is 11.1 Å². The summed E-state index contributed by atoms with van der Waals surface area (Å²) in [6, 6.07) is 22.7. The van der Waals surface area contributed by atoms with Crippen molar-refractivity contribution in [3.8, 4) is 22.8 Å². The average Bonchev–Trinajstić information content (AvgIpc) is 3.24. The van der Waals surface area contributed by atoms with Crippen LogP contribution in [-0.2, 0) is 4.79 Å². The fourth-order valence-corrected chi connectivity index (χ4v) is 4.43. The Morgan fingerprint density at radius 3 is 2.48 bits per heavy atom. The SMILES string of the molecule is CC(C)c1ccc(NC(=O)CSc2nnc(-c3cc(Br)ccc3O)n2-c2ccccc2)cc1. The van der Waals surface area contributed by atoms with Crippen molar-refractivity contribution in [2.45, 2.75) is 24.9 Å². The van der Waals surface area contributed by atoms with E-state index in [0.717, 1.165) is 15.8 Å². The first-order chi connectivity index (χ1) is 15.9. The normalized spacial score (nSPS) is 11.0. The summed E-state index contributed by atoms with van der Waals surface area (Å²) in [7, 11) is 0. The Hall–Kier alpha value is -3.10. The van der Waals surface area contributed by atoms with Crippen molar-refractivity contribution >= 4 is 39.3 Å². The van der Waals surface area contributed by atoms with Gasteiger partial charge in [0, 0.05) is 15.8 Å². The summed E-state index contributed by atoms with van der Waals surface area (Å²) in [6.07, 6.45) is 0. The van der Waals surface area contributed by atoms with Crippen molar-refractivity contribution in [2.24, 2.45) is 0 Å². The second-order valence-corrected chi connectivity index (χ2v) is 9.61.